The quantitative estimate of drug-likeness (QED) is 0.834. The molecule has 1 unspecified atom stereocenters. The fraction of sp³-hybridized carbons (Fsp3) is 0.846. The fourth-order valence-corrected chi connectivity index (χ4v) is 1.54. The number of nitrogens with zero attached hydrogens (tertiary/aromatic N) is 4. The smallest absolute Gasteiger partial charge is 0.0965 e. The van der Waals surface area contributed by atoms with Gasteiger partial charge >= 0.3 is 0 Å². The molecule has 0 spiro atoms. The molecule has 0 aliphatic carbocycles. The van der Waals surface area contributed by atoms with Crippen molar-refractivity contribution in [2.24, 2.45) is 0 Å². The van der Waals surface area contributed by atoms with E-state index in [1.807, 2.05) is 10.9 Å². The Hall–Kier alpha value is -0.940. The van der Waals surface area contributed by atoms with Crippen LogP contribution in [-0.2, 0) is 12.1 Å². The average Bonchev–Trinajstić information content (AvgIpc) is 2.71. The van der Waals surface area contributed by atoms with Crippen molar-refractivity contribution in [1.29, 1.82) is 0 Å². The van der Waals surface area contributed by atoms with E-state index in [1.165, 1.54) is 0 Å². The Labute approximate surface area is 111 Å². The first-order valence-electron chi connectivity index (χ1n) is 6.59. The highest BCUT2D eigenvalue weighted by molar-refractivity contribution is 4.94. The first-order chi connectivity index (χ1) is 8.29. The van der Waals surface area contributed by atoms with Crippen LogP contribution in [0.25, 0.3) is 0 Å². The van der Waals surface area contributed by atoms with Gasteiger partial charge in [-0.25, -0.2) is 4.68 Å². The lowest BCUT2D eigenvalue weighted by atomic mass is 10.1. The molecule has 1 heterocycles. The van der Waals surface area contributed by atoms with Crippen molar-refractivity contribution in [3.63, 3.8) is 0 Å². The highest BCUT2D eigenvalue weighted by Crippen LogP contribution is 2.11. The number of hydrogen-bond donors (Lipinski definition) is 1. The molecule has 0 fully saturated rings. The summed E-state index contributed by atoms with van der Waals surface area (Å²) in [5.41, 5.74) is 1.00. The van der Waals surface area contributed by atoms with E-state index in [4.69, 9.17) is 0 Å². The number of nitrogens with one attached hydrogen (secondary N) is 1. The highest BCUT2D eigenvalue weighted by atomic mass is 15.4. The van der Waals surface area contributed by atoms with E-state index >= 15 is 0 Å². The van der Waals surface area contributed by atoms with Gasteiger partial charge in [0.05, 0.1) is 17.4 Å². The van der Waals surface area contributed by atoms with Gasteiger partial charge in [-0.1, -0.05) is 5.21 Å². The highest BCUT2D eigenvalue weighted by Gasteiger charge is 2.15. The Balaban J connectivity index is 2.37. The Bertz CT molecular complexity index is 351. The standard InChI is InChI=1S/C13H27N5/c1-11(7-8-17(5)6)14-9-12-10-18(16-15-12)13(2,3)4/h10-11,14H,7-9H2,1-6H3. The van der Waals surface area contributed by atoms with Crippen molar-refractivity contribution in [2.45, 2.75) is 52.2 Å². The van der Waals surface area contributed by atoms with Gasteiger partial charge in [0, 0.05) is 12.6 Å². The minimum absolute atomic E-state index is 0.00177. The molecule has 1 aromatic heterocycles. The number of aromatic nitrogens is 3. The lowest BCUT2D eigenvalue weighted by molar-refractivity contribution is 0.346. The summed E-state index contributed by atoms with van der Waals surface area (Å²) in [5, 5.41) is 11.8. The Kier molecular flexibility index (Phi) is 5.28. The van der Waals surface area contributed by atoms with Crippen LogP contribution in [0.3, 0.4) is 0 Å². The van der Waals surface area contributed by atoms with Gasteiger partial charge in [0.2, 0.25) is 0 Å². The number of hydrogen-bond acceptors (Lipinski definition) is 4. The van der Waals surface area contributed by atoms with E-state index in [0.29, 0.717) is 6.04 Å². The lowest BCUT2D eigenvalue weighted by Crippen LogP contribution is -2.29. The number of rotatable bonds is 6. The minimum atomic E-state index is 0.00177. The lowest BCUT2D eigenvalue weighted by Gasteiger charge is -2.17. The molecule has 5 nitrogen and oxygen atoms in total. The summed E-state index contributed by atoms with van der Waals surface area (Å²) in [6, 6.07) is 0.493. The molecule has 1 N–H and O–H groups in total. The van der Waals surface area contributed by atoms with Crippen LogP contribution in [0, 0.1) is 0 Å². The van der Waals surface area contributed by atoms with Crippen LogP contribution in [0.5, 0.6) is 0 Å². The molecule has 0 saturated carbocycles. The van der Waals surface area contributed by atoms with Gasteiger partial charge in [0.25, 0.3) is 0 Å². The summed E-state index contributed by atoms with van der Waals surface area (Å²) in [4.78, 5) is 2.20. The summed E-state index contributed by atoms with van der Waals surface area (Å²) in [6.45, 7) is 10.5. The van der Waals surface area contributed by atoms with Gasteiger partial charge in [-0.3, -0.25) is 0 Å². The molecule has 0 aliphatic rings. The summed E-state index contributed by atoms with van der Waals surface area (Å²) in [6.07, 6.45) is 3.16. The summed E-state index contributed by atoms with van der Waals surface area (Å²) < 4.78 is 1.91. The molecule has 1 aromatic rings. The van der Waals surface area contributed by atoms with Gasteiger partial charge in [-0.05, 0) is 54.8 Å². The van der Waals surface area contributed by atoms with Crippen LogP contribution in [0.2, 0.25) is 0 Å². The first kappa shape index (κ1) is 15.1. The third-order valence-corrected chi connectivity index (χ3v) is 2.87. The maximum absolute atomic E-state index is 4.19. The van der Waals surface area contributed by atoms with Crippen LogP contribution in [0.1, 0.15) is 39.8 Å². The van der Waals surface area contributed by atoms with Gasteiger partial charge < -0.3 is 10.2 Å². The predicted octanol–water partition coefficient (Wildman–Crippen LogP) is 1.46. The van der Waals surface area contributed by atoms with Crippen LogP contribution in [0.15, 0.2) is 6.20 Å². The maximum Gasteiger partial charge on any atom is 0.0965 e. The molecule has 0 radical (unpaired) electrons. The van der Waals surface area contributed by atoms with Gasteiger partial charge in [0.1, 0.15) is 0 Å². The molecule has 104 valence electrons. The van der Waals surface area contributed by atoms with E-state index in [1.54, 1.807) is 0 Å². The Morgan fingerprint density at radius 1 is 1.39 bits per heavy atom. The van der Waals surface area contributed by atoms with Crippen LogP contribution in [-0.4, -0.2) is 46.6 Å². The second kappa shape index (κ2) is 6.29. The normalized spacial score (nSPS) is 14.2. The summed E-state index contributed by atoms with van der Waals surface area (Å²) in [7, 11) is 4.20. The molecule has 0 saturated heterocycles. The molecule has 0 bridgehead atoms. The topological polar surface area (TPSA) is 46.0 Å². The van der Waals surface area contributed by atoms with Crippen molar-refractivity contribution in [1.82, 2.24) is 25.2 Å². The zero-order valence-electron chi connectivity index (χ0n) is 12.6. The second-order valence-electron chi connectivity index (χ2n) is 6.20. The van der Waals surface area contributed by atoms with Crippen molar-refractivity contribution in [3.8, 4) is 0 Å². The van der Waals surface area contributed by atoms with E-state index < -0.39 is 0 Å². The Morgan fingerprint density at radius 2 is 2.06 bits per heavy atom. The SMILES string of the molecule is CC(CCN(C)C)NCc1cn(C(C)(C)C)nn1. The van der Waals surface area contributed by atoms with Gasteiger partial charge in [-0.15, -0.1) is 5.10 Å². The van der Waals surface area contributed by atoms with Crippen molar-refractivity contribution in [3.05, 3.63) is 11.9 Å². The molecular formula is C13H27N5. The van der Waals surface area contributed by atoms with E-state index in [2.05, 4.69) is 62.3 Å². The van der Waals surface area contributed by atoms with Crippen LogP contribution in [0.4, 0.5) is 0 Å². The van der Waals surface area contributed by atoms with Crippen molar-refractivity contribution >= 4 is 0 Å². The molecule has 1 atom stereocenters. The molecule has 0 aromatic carbocycles. The van der Waals surface area contributed by atoms with E-state index in [9.17, 15) is 0 Å². The van der Waals surface area contributed by atoms with Gasteiger partial charge in [0.15, 0.2) is 0 Å². The molecule has 0 aliphatic heterocycles. The fourth-order valence-electron chi connectivity index (χ4n) is 1.54. The largest absolute Gasteiger partial charge is 0.309 e. The third kappa shape index (κ3) is 5.14. The average molecular weight is 253 g/mol. The molecule has 18 heavy (non-hydrogen) atoms. The molecule has 0 amide bonds. The van der Waals surface area contributed by atoms with Crippen LogP contribution < -0.4 is 5.32 Å². The molecule has 5 heteroatoms. The third-order valence-electron chi connectivity index (χ3n) is 2.87. The molecular weight excluding hydrogens is 226 g/mol. The van der Waals surface area contributed by atoms with Crippen molar-refractivity contribution in [2.75, 3.05) is 20.6 Å². The zero-order chi connectivity index (χ0) is 13.8. The predicted molar refractivity (Wildman–Crippen MR) is 74.5 cm³/mol. The Morgan fingerprint density at radius 3 is 2.56 bits per heavy atom. The molecule has 1 rings (SSSR count). The van der Waals surface area contributed by atoms with Crippen molar-refractivity contribution < 1.29 is 0 Å². The first-order valence-corrected chi connectivity index (χ1v) is 6.59. The zero-order valence-corrected chi connectivity index (χ0v) is 12.6. The maximum atomic E-state index is 4.19. The second-order valence-corrected chi connectivity index (χ2v) is 6.20. The van der Waals surface area contributed by atoms with E-state index in [-0.39, 0.29) is 5.54 Å². The monoisotopic (exact) mass is 253 g/mol. The van der Waals surface area contributed by atoms with Gasteiger partial charge in [-0.2, -0.15) is 0 Å². The summed E-state index contributed by atoms with van der Waals surface area (Å²) in [5.74, 6) is 0. The minimum Gasteiger partial charge on any atom is -0.309 e. The van der Waals surface area contributed by atoms with E-state index in [0.717, 1.165) is 25.2 Å². The van der Waals surface area contributed by atoms with Crippen LogP contribution >= 0.6 is 0 Å². The summed E-state index contributed by atoms with van der Waals surface area (Å²) >= 11 is 0.